The molecule has 42 heavy (non-hydrogen) atoms. The number of carbonyl (C=O) groups excluding carboxylic acids is 2. The minimum atomic E-state index is -0.709. The lowest BCUT2D eigenvalue weighted by Gasteiger charge is -2.56. The van der Waals surface area contributed by atoms with Gasteiger partial charge in [-0.3, -0.25) is 14.5 Å². The summed E-state index contributed by atoms with van der Waals surface area (Å²) in [6.07, 6.45) is 0.899. The molecule has 0 radical (unpaired) electrons. The summed E-state index contributed by atoms with van der Waals surface area (Å²) in [6.45, 7) is 8.23. The van der Waals surface area contributed by atoms with Crippen molar-refractivity contribution in [1.82, 2.24) is 15.5 Å². The van der Waals surface area contributed by atoms with Crippen molar-refractivity contribution in [3.05, 3.63) is 101 Å². The van der Waals surface area contributed by atoms with E-state index in [2.05, 4.69) is 108 Å². The molecule has 3 heterocycles. The monoisotopic (exact) mass is 568 g/mol. The number of hydrogen-bond acceptors (Lipinski definition) is 5. The molecule has 6 rings (SSSR count). The second-order valence-corrected chi connectivity index (χ2v) is 12.1. The van der Waals surface area contributed by atoms with Gasteiger partial charge in [-0.2, -0.15) is 0 Å². The summed E-state index contributed by atoms with van der Waals surface area (Å²) in [6, 6.07) is 27.3. The summed E-state index contributed by atoms with van der Waals surface area (Å²) in [5, 5.41) is 6.83. The van der Waals surface area contributed by atoms with Crippen LogP contribution >= 0.6 is 0 Å². The number of ether oxygens (including phenoxy) is 1. The van der Waals surface area contributed by atoms with Crippen LogP contribution in [0.25, 0.3) is 0 Å². The van der Waals surface area contributed by atoms with E-state index in [0.717, 1.165) is 24.3 Å². The number of rotatable bonds is 11. The van der Waals surface area contributed by atoms with Crippen LogP contribution in [0.15, 0.2) is 78.9 Å². The number of primary amides is 1. The Bertz CT molecular complexity index is 1320. The Labute approximate surface area is 249 Å². The predicted octanol–water partition coefficient (Wildman–Crippen LogP) is 4.42. The molecule has 3 saturated heterocycles. The minimum absolute atomic E-state index is 0.0185. The quantitative estimate of drug-likeness (QED) is 0.318. The van der Waals surface area contributed by atoms with Crippen molar-refractivity contribution in [3.8, 4) is 5.75 Å². The van der Waals surface area contributed by atoms with Crippen molar-refractivity contribution in [2.24, 2.45) is 17.6 Å². The van der Waals surface area contributed by atoms with E-state index < -0.39 is 11.9 Å². The molecule has 0 aromatic heterocycles. The summed E-state index contributed by atoms with van der Waals surface area (Å²) in [7, 11) is 1.71. The normalized spacial score (nSPS) is 24.0. The van der Waals surface area contributed by atoms with E-state index in [1.54, 1.807) is 14.0 Å². The fourth-order valence-electron chi connectivity index (χ4n) is 6.97. The second-order valence-electron chi connectivity index (χ2n) is 12.1. The first-order chi connectivity index (χ1) is 20.3. The Morgan fingerprint density at radius 3 is 2.17 bits per heavy atom. The fraction of sp³-hybridized carbons (Fsp3) is 0.429. The Hall–Kier alpha value is -3.68. The largest absolute Gasteiger partial charge is 0.496 e. The van der Waals surface area contributed by atoms with Crippen LogP contribution in [0.1, 0.15) is 61.3 Å². The third-order valence-electron chi connectivity index (χ3n) is 9.23. The summed E-state index contributed by atoms with van der Waals surface area (Å²) in [5.74, 6) is 0.598. The van der Waals surface area contributed by atoms with Crippen LogP contribution in [-0.2, 0) is 16.1 Å². The number of methoxy groups -OCH3 is 1. The van der Waals surface area contributed by atoms with E-state index in [0.29, 0.717) is 19.0 Å². The first-order valence-electron chi connectivity index (χ1n) is 15.1. The highest BCUT2D eigenvalue weighted by atomic mass is 16.5. The van der Waals surface area contributed by atoms with E-state index >= 15 is 0 Å². The number of nitrogens with zero attached hydrogens (tertiary/aromatic N) is 1. The average molecular weight is 569 g/mol. The van der Waals surface area contributed by atoms with Crippen LogP contribution in [0.5, 0.6) is 5.75 Å². The maximum atomic E-state index is 13.6. The minimum Gasteiger partial charge on any atom is -0.496 e. The number of nitrogens with two attached hydrogens (primary N) is 1. The average Bonchev–Trinajstić information content (AvgIpc) is 3.01. The summed E-state index contributed by atoms with van der Waals surface area (Å²) >= 11 is 0. The number of fused-ring (bicyclic) bond motifs is 3. The maximum Gasteiger partial charge on any atom is 0.239 e. The lowest BCUT2D eigenvalue weighted by Crippen LogP contribution is -2.69. The zero-order chi connectivity index (χ0) is 29.8. The zero-order valence-corrected chi connectivity index (χ0v) is 25.1. The van der Waals surface area contributed by atoms with Gasteiger partial charge in [0.15, 0.2) is 0 Å². The highest BCUT2D eigenvalue weighted by Crippen LogP contribution is 2.44. The molecular formula is C35H44N4O3. The van der Waals surface area contributed by atoms with E-state index in [4.69, 9.17) is 10.5 Å². The molecule has 0 saturated carbocycles. The van der Waals surface area contributed by atoms with E-state index in [1.165, 1.54) is 16.7 Å². The van der Waals surface area contributed by atoms with E-state index in [9.17, 15) is 9.59 Å². The molecule has 6 unspecified atom stereocenters. The van der Waals surface area contributed by atoms with Crippen LogP contribution < -0.4 is 21.1 Å². The molecule has 3 aromatic carbocycles. The van der Waals surface area contributed by atoms with Gasteiger partial charge in [0.05, 0.1) is 13.0 Å². The number of nitrogens with one attached hydrogen (secondary N) is 2. The van der Waals surface area contributed by atoms with Gasteiger partial charge in [0.2, 0.25) is 11.8 Å². The highest BCUT2D eigenvalue weighted by Gasteiger charge is 2.52. The Kier molecular flexibility index (Phi) is 9.29. The van der Waals surface area contributed by atoms with E-state index in [1.807, 2.05) is 0 Å². The Morgan fingerprint density at radius 1 is 0.952 bits per heavy atom. The van der Waals surface area contributed by atoms with Gasteiger partial charge in [-0.1, -0.05) is 86.6 Å². The van der Waals surface area contributed by atoms with Crippen molar-refractivity contribution >= 4 is 11.8 Å². The topological polar surface area (TPSA) is 96.7 Å². The van der Waals surface area contributed by atoms with Crippen molar-refractivity contribution in [1.29, 1.82) is 0 Å². The van der Waals surface area contributed by atoms with Crippen molar-refractivity contribution < 1.29 is 14.3 Å². The van der Waals surface area contributed by atoms with Crippen molar-refractivity contribution in [2.75, 3.05) is 20.2 Å². The summed E-state index contributed by atoms with van der Waals surface area (Å²) in [5.41, 5.74) is 10.4. The van der Waals surface area contributed by atoms with Crippen LogP contribution in [0.4, 0.5) is 0 Å². The Morgan fingerprint density at radius 2 is 1.60 bits per heavy atom. The lowest BCUT2D eigenvalue weighted by molar-refractivity contribution is -0.138. The van der Waals surface area contributed by atoms with Crippen LogP contribution in [0.3, 0.4) is 0 Å². The van der Waals surface area contributed by atoms with E-state index in [-0.39, 0.29) is 35.7 Å². The molecular weight excluding hydrogens is 524 g/mol. The van der Waals surface area contributed by atoms with Crippen molar-refractivity contribution in [2.45, 2.75) is 63.7 Å². The first kappa shape index (κ1) is 29.8. The molecule has 4 N–H and O–H groups in total. The standard InChI is InChI=1S/C35H44N4O3/c1-22(2)26-15-16-30(42-4)27(19-26)20-37-32-28-17-18-39(21-29(28)35(41)38-23(3)34(36)40)33(32)31(24-11-7-5-8-12-24)25-13-9-6-10-14-25/h5-16,19,22-23,28-29,31-33,37H,17-18,20-21H2,1-4H3,(H2,36,40)(H,38,41). The third kappa shape index (κ3) is 6.22. The second kappa shape index (κ2) is 13.1. The predicted molar refractivity (Wildman–Crippen MR) is 166 cm³/mol. The van der Waals surface area contributed by atoms with Gasteiger partial charge in [0, 0.05) is 36.7 Å². The number of carbonyl (C=O) groups is 2. The molecule has 3 aliphatic rings. The Balaban J connectivity index is 1.53. The van der Waals surface area contributed by atoms with Crippen LogP contribution in [0, 0.1) is 11.8 Å². The molecule has 2 amide bonds. The van der Waals surface area contributed by atoms with Gasteiger partial charge in [-0.15, -0.1) is 0 Å². The smallest absolute Gasteiger partial charge is 0.239 e. The molecule has 0 aliphatic carbocycles. The van der Waals surface area contributed by atoms with Crippen LogP contribution in [0.2, 0.25) is 0 Å². The van der Waals surface area contributed by atoms with Gasteiger partial charge < -0.3 is 21.1 Å². The molecule has 222 valence electrons. The molecule has 2 bridgehead atoms. The fourth-order valence-corrected chi connectivity index (χ4v) is 6.97. The highest BCUT2D eigenvalue weighted by molar-refractivity contribution is 5.87. The van der Waals surface area contributed by atoms with Gasteiger partial charge in [0.25, 0.3) is 0 Å². The number of amides is 2. The number of benzene rings is 3. The zero-order valence-electron chi connectivity index (χ0n) is 25.1. The molecule has 0 spiro atoms. The van der Waals surface area contributed by atoms with Crippen LogP contribution in [-0.4, -0.2) is 55.0 Å². The molecule has 3 aliphatic heterocycles. The SMILES string of the molecule is COc1ccc(C(C)C)cc1CNC1C2CCN(CC2C(=O)NC(C)C(N)=O)C1C(c1ccccc1)c1ccccc1. The summed E-state index contributed by atoms with van der Waals surface area (Å²) < 4.78 is 5.76. The van der Waals surface area contributed by atoms with Crippen molar-refractivity contribution in [3.63, 3.8) is 0 Å². The first-order valence-corrected chi connectivity index (χ1v) is 15.1. The van der Waals surface area contributed by atoms with Gasteiger partial charge in [-0.05, 0) is 54.5 Å². The van der Waals surface area contributed by atoms with Gasteiger partial charge in [-0.25, -0.2) is 0 Å². The third-order valence-corrected chi connectivity index (χ3v) is 9.23. The molecule has 3 fully saturated rings. The molecule has 6 atom stereocenters. The molecule has 7 heteroatoms. The van der Waals surface area contributed by atoms with Gasteiger partial charge in [0.1, 0.15) is 11.8 Å². The number of hydrogen-bond donors (Lipinski definition) is 3. The lowest BCUT2D eigenvalue weighted by atomic mass is 9.66. The van der Waals surface area contributed by atoms with Gasteiger partial charge >= 0.3 is 0 Å². The molecule has 3 aromatic rings. The maximum absolute atomic E-state index is 13.6. The summed E-state index contributed by atoms with van der Waals surface area (Å²) in [4.78, 5) is 27.8. The molecule has 7 nitrogen and oxygen atoms in total. The number of piperidine rings is 3.